The van der Waals surface area contributed by atoms with Crippen LogP contribution in [0.3, 0.4) is 0 Å². The minimum atomic E-state index is -0.279. The summed E-state index contributed by atoms with van der Waals surface area (Å²) in [6, 6.07) is 3.20. The van der Waals surface area contributed by atoms with Crippen LogP contribution in [0.2, 0.25) is 0 Å². The first-order valence-electron chi connectivity index (χ1n) is 8.61. The molecule has 0 bridgehead atoms. The molecule has 0 unspecified atom stereocenters. The number of Topliss-reactive ketones (excluding diaryl/α,β-unsaturated/α-hetero) is 1. The van der Waals surface area contributed by atoms with Gasteiger partial charge in [0.25, 0.3) is 5.91 Å². The molecule has 4 N–H and O–H groups in total. The van der Waals surface area contributed by atoms with Crippen LogP contribution >= 0.6 is 0 Å². The van der Waals surface area contributed by atoms with Gasteiger partial charge in [0, 0.05) is 37.9 Å². The van der Waals surface area contributed by atoms with Crippen LogP contribution in [0.5, 0.6) is 0 Å². The predicted octanol–water partition coefficient (Wildman–Crippen LogP) is 0.0283. The number of carbonyl (C=O) groups excluding carboxylic acids is 2. The predicted molar refractivity (Wildman–Crippen MR) is 93.1 cm³/mol. The highest BCUT2D eigenvalue weighted by Crippen LogP contribution is 2.07. The summed E-state index contributed by atoms with van der Waals surface area (Å²) >= 11 is 0. The fraction of sp³-hybridized carbons (Fsp3) is 0.588. The zero-order valence-electron chi connectivity index (χ0n) is 14.1. The van der Waals surface area contributed by atoms with Crippen LogP contribution in [0, 0.1) is 0 Å². The number of hydrogen-bond acceptors (Lipinski definition) is 6. The fourth-order valence-corrected chi connectivity index (χ4v) is 2.69. The molecule has 1 amide bonds. The third-order valence-corrected chi connectivity index (χ3v) is 4.09. The molecule has 2 rings (SSSR count). The Morgan fingerprint density at radius 3 is 2.62 bits per heavy atom. The third-order valence-electron chi connectivity index (χ3n) is 4.09. The maximum absolute atomic E-state index is 12.1. The summed E-state index contributed by atoms with van der Waals surface area (Å²) in [6.07, 6.45) is 5.33. The SMILES string of the molecule is NCCNC(=O)c1ccc(C(=O)CNCCN2CCCCC2)cn1. The summed E-state index contributed by atoms with van der Waals surface area (Å²) in [5, 5.41) is 5.83. The normalized spacial score (nSPS) is 15.2. The Balaban J connectivity index is 1.70. The van der Waals surface area contributed by atoms with Gasteiger partial charge in [-0.1, -0.05) is 6.42 Å². The number of piperidine rings is 1. The molecular formula is C17H27N5O2. The lowest BCUT2D eigenvalue weighted by Gasteiger charge is -2.26. The van der Waals surface area contributed by atoms with E-state index in [0.29, 0.717) is 18.7 Å². The topological polar surface area (TPSA) is 100 Å². The zero-order valence-corrected chi connectivity index (χ0v) is 14.1. The first-order chi connectivity index (χ1) is 11.7. The first-order valence-corrected chi connectivity index (χ1v) is 8.61. The highest BCUT2D eigenvalue weighted by atomic mass is 16.2. The van der Waals surface area contributed by atoms with Gasteiger partial charge in [-0.05, 0) is 38.1 Å². The van der Waals surface area contributed by atoms with Crippen molar-refractivity contribution in [3.8, 4) is 0 Å². The van der Waals surface area contributed by atoms with Gasteiger partial charge in [0.05, 0.1) is 6.54 Å². The molecule has 0 aliphatic carbocycles. The van der Waals surface area contributed by atoms with E-state index in [1.54, 1.807) is 12.1 Å². The average Bonchev–Trinajstić information content (AvgIpc) is 2.64. The van der Waals surface area contributed by atoms with Crippen LogP contribution in [-0.2, 0) is 0 Å². The molecule has 1 fully saturated rings. The van der Waals surface area contributed by atoms with Crippen molar-refractivity contribution in [1.82, 2.24) is 20.5 Å². The molecule has 1 aliphatic rings. The van der Waals surface area contributed by atoms with Crippen LogP contribution in [0.4, 0.5) is 0 Å². The Morgan fingerprint density at radius 1 is 1.17 bits per heavy atom. The lowest BCUT2D eigenvalue weighted by atomic mass is 10.1. The van der Waals surface area contributed by atoms with Crippen molar-refractivity contribution >= 4 is 11.7 Å². The van der Waals surface area contributed by atoms with E-state index in [-0.39, 0.29) is 23.9 Å². The van der Waals surface area contributed by atoms with Crippen molar-refractivity contribution in [3.05, 3.63) is 29.6 Å². The van der Waals surface area contributed by atoms with E-state index in [2.05, 4.69) is 20.5 Å². The Labute approximate surface area is 143 Å². The maximum Gasteiger partial charge on any atom is 0.269 e. The summed E-state index contributed by atoms with van der Waals surface area (Å²) in [6.45, 7) is 5.17. The van der Waals surface area contributed by atoms with Crippen LogP contribution in [0.1, 0.15) is 40.1 Å². The Morgan fingerprint density at radius 2 is 1.96 bits per heavy atom. The van der Waals surface area contributed by atoms with Crippen LogP contribution < -0.4 is 16.4 Å². The van der Waals surface area contributed by atoms with E-state index in [1.165, 1.54) is 25.5 Å². The van der Waals surface area contributed by atoms with Gasteiger partial charge in [0.1, 0.15) is 5.69 Å². The summed E-state index contributed by atoms with van der Waals surface area (Å²) < 4.78 is 0. The van der Waals surface area contributed by atoms with Gasteiger partial charge in [0.15, 0.2) is 5.78 Å². The molecule has 0 radical (unpaired) electrons. The highest BCUT2D eigenvalue weighted by Gasteiger charge is 2.11. The van der Waals surface area contributed by atoms with Crippen molar-refractivity contribution in [2.45, 2.75) is 19.3 Å². The van der Waals surface area contributed by atoms with Crippen LogP contribution in [0.25, 0.3) is 0 Å². The lowest BCUT2D eigenvalue weighted by Crippen LogP contribution is -2.37. The molecule has 1 aromatic heterocycles. The number of aromatic nitrogens is 1. The molecule has 2 heterocycles. The number of pyridine rings is 1. The molecule has 1 aromatic rings. The summed E-state index contributed by atoms with van der Waals surface area (Å²) in [4.78, 5) is 30.3. The lowest BCUT2D eigenvalue weighted by molar-refractivity contribution is 0.0946. The van der Waals surface area contributed by atoms with Gasteiger partial charge in [-0.15, -0.1) is 0 Å². The summed E-state index contributed by atoms with van der Waals surface area (Å²) in [5.74, 6) is -0.297. The van der Waals surface area contributed by atoms with Crippen molar-refractivity contribution < 1.29 is 9.59 Å². The number of nitrogens with zero attached hydrogens (tertiary/aromatic N) is 2. The van der Waals surface area contributed by atoms with E-state index in [1.807, 2.05) is 0 Å². The number of rotatable bonds is 9. The quantitative estimate of drug-likeness (QED) is 0.435. The number of ketones is 1. The molecule has 0 saturated carbocycles. The molecule has 0 atom stereocenters. The highest BCUT2D eigenvalue weighted by molar-refractivity contribution is 5.98. The number of carbonyl (C=O) groups is 2. The van der Waals surface area contributed by atoms with Gasteiger partial charge in [-0.2, -0.15) is 0 Å². The van der Waals surface area contributed by atoms with Crippen LogP contribution in [0.15, 0.2) is 18.3 Å². The molecule has 132 valence electrons. The molecule has 1 saturated heterocycles. The molecule has 0 aromatic carbocycles. The Bertz CT molecular complexity index is 526. The Hall–Kier alpha value is -1.83. The van der Waals surface area contributed by atoms with Crippen molar-refractivity contribution in [3.63, 3.8) is 0 Å². The summed E-state index contributed by atoms with van der Waals surface area (Å²) in [5.41, 5.74) is 6.13. The minimum absolute atomic E-state index is 0.0185. The molecule has 7 heteroatoms. The minimum Gasteiger partial charge on any atom is -0.349 e. The third kappa shape index (κ3) is 5.99. The molecular weight excluding hydrogens is 306 g/mol. The van der Waals surface area contributed by atoms with Crippen molar-refractivity contribution in [2.75, 3.05) is 45.8 Å². The zero-order chi connectivity index (χ0) is 17.2. The van der Waals surface area contributed by atoms with Crippen molar-refractivity contribution in [1.29, 1.82) is 0 Å². The largest absolute Gasteiger partial charge is 0.349 e. The molecule has 0 spiro atoms. The van der Waals surface area contributed by atoms with Crippen molar-refractivity contribution in [2.24, 2.45) is 5.73 Å². The molecule has 24 heavy (non-hydrogen) atoms. The number of amides is 1. The summed E-state index contributed by atoms with van der Waals surface area (Å²) in [7, 11) is 0. The molecule has 7 nitrogen and oxygen atoms in total. The smallest absolute Gasteiger partial charge is 0.269 e. The van der Waals surface area contributed by atoms with E-state index in [9.17, 15) is 9.59 Å². The van der Waals surface area contributed by atoms with Gasteiger partial charge in [-0.3, -0.25) is 14.6 Å². The second-order valence-electron chi connectivity index (χ2n) is 5.98. The number of hydrogen-bond donors (Lipinski definition) is 3. The standard InChI is InChI=1S/C17H27N5O2/c18-6-7-20-17(24)15-5-4-14(12-21-15)16(23)13-19-8-11-22-9-2-1-3-10-22/h4-5,12,19H,1-3,6-11,13,18H2,(H,20,24). The van der Waals surface area contributed by atoms with Gasteiger partial charge in [0.2, 0.25) is 0 Å². The number of likely N-dealkylation sites (tertiary alicyclic amines) is 1. The second-order valence-corrected chi connectivity index (χ2v) is 5.98. The second kappa shape index (κ2) is 10.1. The van der Waals surface area contributed by atoms with Crippen LogP contribution in [-0.4, -0.2) is 67.4 Å². The van der Waals surface area contributed by atoms with E-state index >= 15 is 0 Å². The molecule has 1 aliphatic heterocycles. The monoisotopic (exact) mass is 333 g/mol. The number of nitrogens with one attached hydrogen (secondary N) is 2. The van der Waals surface area contributed by atoms with Gasteiger partial charge in [-0.25, -0.2) is 0 Å². The number of nitrogens with two attached hydrogens (primary N) is 1. The van der Waals surface area contributed by atoms with E-state index < -0.39 is 0 Å². The van der Waals surface area contributed by atoms with Gasteiger partial charge >= 0.3 is 0 Å². The Kier molecular flexibility index (Phi) is 7.81. The fourth-order valence-electron chi connectivity index (χ4n) is 2.69. The maximum atomic E-state index is 12.1. The van der Waals surface area contributed by atoms with Gasteiger partial charge < -0.3 is 21.3 Å². The van der Waals surface area contributed by atoms with E-state index in [0.717, 1.165) is 26.2 Å². The first kappa shape index (κ1) is 18.5. The average molecular weight is 333 g/mol. The van der Waals surface area contributed by atoms with E-state index in [4.69, 9.17) is 5.73 Å².